The predicted octanol–water partition coefficient (Wildman–Crippen LogP) is 1.37. The molecular weight excluding hydrogens is 108 g/mol. The molecule has 1 rings (SSSR count). The van der Waals surface area contributed by atoms with E-state index >= 15 is 0 Å². The molecule has 0 aromatic carbocycles. The lowest BCUT2D eigenvalue weighted by atomic mass is 10.3. The van der Waals surface area contributed by atoms with Crippen LogP contribution in [0.4, 0.5) is 0 Å². The highest BCUT2D eigenvalue weighted by Crippen LogP contribution is 2.15. The van der Waals surface area contributed by atoms with Crippen LogP contribution in [0.1, 0.15) is 6.42 Å². The number of rotatable bonds is 0. The van der Waals surface area contributed by atoms with Gasteiger partial charge in [-0.25, -0.2) is 0 Å². The fourth-order valence-corrected chi connectivity index (χ4v) is 0.971. The first-order chi connectivity index (χ1) is 3.39. The van der Waals surface area contributed by atoms with Gasteiger partial charge in [0.05, 0.1) is 0 Å². The summed E-state index contributed by atoms with van der Waals surface area (Å²) < 4.78 is 0. The van der Waals surface area contributed by atoms with E-state index < -0.39 is 0 Å². The van der Waals surface area contributed by atoms with Gasteiger partial charge in [0, 0.05) is 12.2 Å². The lowest BCUT2D eigenvalue weighted by molar-refractivity contribution is -0.114. The minimum atomic E-state index is 0.207. The molecule has 0 atom stereocenters. The van der Waals surface area contributed by atoms with Crippen molar-refractivity contribution in [3.8, 4) is 0 Å². The summed E-state index contributed by atoms with van der Waals surface area (Å²) in [5.74, 6) is 2.10. The Labute approximate surface area is 46.8 Å². The van der Waals surface area contributed by atoms with Crippen molar-refractivity contribution in [2.24, 2.45) is 0 Å². The van der Waals surface area contributed by atoms with Crippen LogP contribution in [0.3, 0.4) is 0 Å². The van der Waals surface area contributed by atoms with Gasteiger partial charge in [0.25, 0.3) is 0 Å². The summed E-state index contributed by atoms with van der Waals surface area (Å²) in [5, 5.41) is 1.80. The molecule has 1 aliphatic rings. The van der Waals surface area contributed by atoms with E-state index in [1.54, 1.807) is 23.2 Å². The molecule has 0 saturated heterocycles. The number of carbonyl (C=O) groups is 1. The van der Waals surface area contributed by atoms with Crippen molar-refractivity contribution in [3.63, 3.8) is 0 Å². The van der Waals surface area contributed by atoms with Gasteiger partial charge in [-0.15, -0.1) is 11.8 Å². The van der Waals surface area contributed by atoms with Crippen molar-refractivity contribution in [2.45, 2.75) is 6.42 Å². The normalized spacial score (nSPS) is 20.3. The second-order valence-corrected chi connectivity index (χ2v) is 2.15. The van der Waals surface area contributed by atoms with Crippen LogP contribution in [-0.4, -0.2) is 5.78 Å². The summed E-state index contributed by atoms with van der Waals surface area (Å²) in [6, 6.07) is 0. The second-order valence-electron chi connectivity index (χ2n) is 1.28. The molecule has 1 heterocycles. The molecule has 0 unspecified atom stereocenters. The molecule has 2 heteroatoms. The Hall–Kier alpha value is -0.240. The van der Waals surface area contributed by atoms with Gasteiger partial charge in [0.1, 0.15) is 0 Å². The third kappa shape index (κ3) is 1.35. The Balaban J connectivity index is 2.51. The molecular formula is C5H5OS. The molecule has 0 bridgehead atoms. The zero-order chi connectivity index (χ0) is 5.11. The van der Waals surface area contributed by atoms with Crippen LogP contribution in [0.15, 0.2) is 11.5 Å². The first kappa shape index (κ1) is 4.91. The first-order valence-corrected chi connectivity index (χ1v) is 3.00. The van der Waals surface area contributed by atoms with Gasteiger partial charge in [0.2, 0.25) is 0 Å². The number of allylic oxidation sites excluding steroid dienone is 1. The third-order valence-electron chi connectivity index (χ3n) is 0.713. The molecule has 0 aromatic heterocycles. The average Bonchev–Trinajstić information content (AvgIpc) is 1.69. The highest BCUT2D eigenvalue weighted by Gasteiger charge is 1.99. The fraction of sp³-hybridized carbons (Fsp3) is 0.200. The fourth-order valence-electron chi connectivity index (χ4n) is 0.369. The van der Waals surface area contributed by atoms with Gasteiger partial charge in [0.15, 0.2) is 5.78 Å². The van der Waals surface area contributed by atoms with Crippen molar-refractivity contribution in [1.82, 2.24) is 0 Å². The number of thioether (sulfide) groups is 1. The topological polar surface area (TPSA) is 17.1 Å². The van der Waals surface area contributed by atoms with Crippen LogP contribution in [0, 0.1) is 5.75 Å². The maximum atomic E-state index is 10.3. The smallest absolute Gasteiger partial charge is 0.157 e. The number of hydrogen-bond donors (Lipinski definition) is 0. The Morgan fingerprint density at radius 3 is 2.86 bits per heavy atom. The van der Waals surface area contributed by atoms with E-state index in [2.05, 4.69) is 0 Å². The SMILES string of the molecule is O=C1C=CS[CH]C1. The molecule has 0 fully saturated rings. The van der Waals surface area contributed by atoms with E-state index in [-0.39, 0.29) is 5.78 Å². The number of carbonyl (C=O) groups excluding carboxylic acids is 1. The van der Waals surface area contributed by atoms with Crippen LogP contribution in [-0.2, 0) is 4.79 Å². The minimum Gasteiger partial charge on any atom is -0.295 e. The van der Waals surface area contributed by atoms with Crippen molar-refractivity contribution in [2.75, 3.05) is 0 Å². The molecule has 0 aromatic rings. The Kier molecular flexibility index (Phi) is 1.52. The zero-order valence-corrected chi connectivity index (χ0v) is 4.57. The van der Waals surface area contributed by atoms with Crippen LogP contribution in [0.2, 0.25) is 0 Å². The summed E-state index contributed by atoms with van der Waals surface area (Å²) in [4.78, 5) is 10.3. The molecule has 0 saturated carbocycles. The van der Waals surface area contributed by atoms with Gasteiger partial charge in [-0.05, 0) is 11.5 Å². The van der Waals surface area contributed by atoms with E-state index in [0.29, 0.717) is 6.42 Å². The van der Waals surface area contributed by atoms with Crippen LogP contribution in [0.25, 0.3) is 0 Å². The third-order valence-corrected chi connectivity index (χ3v) is 1.37. The standard InChI is InChI=1S/C5H5OS/c6-5-1-3-7-4-2-5/h1,3-4H,2H2. The Morgan fingerprint density at radius 1 is 1.71 bits per heavy atom. The minimum absolute atomic E-state index is 0.207. The lowest BCUT2D eigenvalue weighted by Crippen LogP contribution is -1.92. The summed E-state index contributed by atoms with van der Waals surface area (Å²) in [7, 11) is 0. The van der Waals surface area contributed by atoms with Crippen molar-refractivity contribution in [1.29, 1.82) is 0 Å². The van der Waals surface area contributed by atoms with E-state index in [9.17, 15) is 4.79 Å². The molecule has 0 amide bonds. The van der Waals surface area contributed by atoms with E-state index in [0.717, 1.165) is 0 Å². The molecule has 1 aliphatic heterocycles. The van der Waals surface area contributed by atoms with Gasteiger partial charge in [-0.3, -0.25) is 4.79 Å². The number of hydrogen-bond acceptors (Lipinski definition) is 2. The quantitative estimate of drug-likeness (QED) is 0.472. The summed E-state index contributed by atoms with van der Waals surface area (Å²) >= 11 is 1.57. The van der Waals surface area contributed by atoms with Gasteiger partial charge in [-0.2, -0.15) is 0 Å². The van der Waals surface area contributed by atoms with Crippen LogP contribution >= 0.6 is 11.8 Å². The van der Waals surface area contributed by atoms with Gasteiger partial charge in [-0.1, -0.05) is 0 Å². The summed E-state index contributed by atoms with van der Waals surface area (Å²) in [6.07, 6.45) is 2.20. The molecule has 37 valence electrons. The Bertz CT molecular complexity index is 107. The maximum Gasteiger partial charge on any atom is 0.157 e. The van der Waals surface area contributed by atoms with Crippen LogP contribution in [0.5, 0.6) is 0 Å². The first-order valence-electron chi connectivity index (χ1n) is 2.06. The zero-order valence-electron chi connectivity index (χ0n) is 3.76. The molecule has 7 heavy (non-hydrogen) atoms. The van der Waals surface area contributed by atoms with Gasteiger partial charge >= 0.3 is 0 Å². The van der Waals surface area contributed by atoms with Crippen molar-refractivity contribution >= 4 is 17.5 Å². The molecule has 0 spiro atoms. The molecule has 1 nitrogen and oxygen atoms in total. The largest absolute Gasteiger partial charge is 0.295 e. The van der Waals surface area contributed by atoms with Crippen LogP contribution < -0.4 is 0 Å². The maximum absolute atomic E-state index is 10.3. The highest BCUT2D eigenvalue weighted by atomic mass is 32.2. The predicted molar refractivity (Wildman–Crippen MR) is 30.7 cm³/mol. The second kappa shape index (κ2) is 2.17. The summed E-state index contributed by atoms with van der Waals surface area (Å²) in [5.41, 5.74) is 0. The lowest BCUT2D eigenvalue weighted by Gasteiger charge is -1.96. The van der Waals surface area contributed by atoms with E-state index in [4.69, 9.17) is 0 Å². The summed E-state index contributed by atoms with van der Waals surface area (Å²) in [6.45, 7) is 0. The molecule has 0 N–H and O–H groups in total. The van der Waals surface area contributed by atoms with Crippen molar-refractivity contribution in [3.05, 3.63) is 17.2 Å². The average molecular weight is 113 g/mol. The van der Waals surface area contributed by atoms with E-state index in [1.807, 2.05) is 5.75 Å². The molecule has 1 radical (unpaired) electrons. The Morgan fingerprint density at radius 2 is 2.57 bits per heavy atom. The van der Waals surface area contributed by atoms with Gasteiger partial charge < -0.3 is 0 Å². The van der Waals surface area contributed by atoms with Crippen molar-refractivity contribution < 1.29 is 4.79 Å². The molecule has 0 aliphatic carbocycles. The number of ketones is 1. The monoisotopic (exact) mass is 113 g/mol. The highest BCUT2D eigenvalue weighted by molar-refractivity contribution is 8.04. The van der Waals surface area contributed by atoms with E-state index in [1.165, 1.54) is 0 Å².